The second-order valence-corrected chi connectivity index (χ2v) is 6.56. The van der Waals surface area contributed by atoms with E-state index in [-0.39, 0.29) is 11.5 Å². The minimum Gasteiger partial charge on any atom is -0.369 e. The molecule has 5 N–H and O–H groups in total. The molecular formula is C18H21N5O. The van der Waals surface area contributed by atoms with Crippen LogP contribution in [0.4, 0.5) is 5.95 Å². The van der Waals surface area contributed by atoms with Gasteiger partial charge in [0.15, 0.2) is 0 Å². The van der Waals surface area contributed by atoms with Crippen molar-refractivity contribution in [3.63, 3.8) is 0 Å². The van der Waals surface area contributed by atoms with Crippen LogP contribution in [0.15, 0.2) is 41.3 Å². The average molecular weight is 323 g/mol. The Balaban J connectivity index is 1.40. The Labute approximate surface area is 139 Å². The first-order valence-corrected chi connectivity index (χ1v) is 8.30. The summed E-state index contributed by atoms with van der Waals surface area (Å²) >= 11 is 0. The fourth-order valence-corrected chi connectivity index (χ4v) is 3.44. The molecule has 0 radical (unpaired) electrons. The van der Waals surface area contributed by atoms with Gasteiger partial charge in [-0.3, -0.25) is 9.78 Å². The van der Waals surface area contributed by atoms with Gasteiger partial charge in [0.05, 0.1) is 5.39 Å². The van der Waals surface area contributed by atoms with Crippen LogP contribution in [0.3, 0.4) is 0 Å². The van der Waals surface area contributed by atoms with Crippen LogP contribution in [-0.2, 0) is 12.0 Å². The lowest BCUT2D eigenvalue weighted by atomic mass is 9.92. The van der Waals surface area contributed by atoms with E-state index in [1.165, 1.54) is 18.4 Å². The van der Waals surface area contributed by atoms with Crippen LogP contribution in [0.25, 0.3) is 11.0 Å². The molecule has 1 fully saturated rings. The van der Waals surface area contributed by atoms with Gasteiger partial charge in [-0.2, -0.15) is 4.98 Å². The smallest absolute Gasteiger partial charge is 0.262 e. The van der Waals surface area contributed by atoms with Crippen molar-refractivity contribution in [2.24, 2.45) is 0 Å². The topological polar surface area (TPSA) is 99.6 Å². The number of nitrogens with one attached hydrogen (secondary N) is 3. The van der Waals surface area contributed by atoms with E-state index in [1.807, 2.05) is 6.20 Å². The molecule has 2 heterocycles. The van der Waals surface area contributed by atoms with Gasteiger partial charge in [0.1, 0.15) is 5.65 Å². The van der Waals surface area contributed by atoms with Crippen LogP contribution in [0.1, 0.15) is 30.4 Å². The third-order valence-corrected chi connectivity index (χ3v) is 4.98. The van der Waals surface area contributed by atoms with Crippen molar-refractivity contribution in [1.29, 1.82) is 0 Å². The van der Waals surface area contributed by atoms with Crippen LogP contribution in [0.5, 0.6) is 0 Å². The van der Waals surface area contributed by atoms with Crippen molar-refractivity contribution in [2.45, 2.75) is 31.2 Å². The summed E-state index contributed by atoms with van der Waals surface area (Å²) in [7, 11) is 0. The number of nitrogens with zero attached hydrogens (tertiary/aromatic N) is 1. The second kappa shape index (κ2) is 5.79. The number of nitrogens with two attached hydrogens (primary N) is 1. The Morgan fingerprint density at radius 1 is 1.25 bits per heavy atom. The van der Waals surface area contributed by atoms with Gasteiger partial charge in [0.25, 0.3) is 5.56 Å². The first kappa shape index (κ1) is 15.0. The molecule has 0 atom stereocenters. The zero-order chi connectivity index (χ0) is 16.6. The predicted octanol–water partition coefficient (Wildman–Crippen LogP) is 2.04. The highest BCUT2D eigenvalue weighted by Gasteiger charge is 2.43. The van der Waals surface area contributed by atoms with Gasteiger partial charge < -0.3 is 16.0 Å². The number of aromatic amines is 2. The lowest BCUT2D eigenvalue weighted by molar-refractivity contribution is 0.558. The van der Waals surface area contributed by atoms with Crippen molar-refractivity contribution in [2.75, 3.05) is 12.3 Å². The Bertz CT molecular complexity index is 908. The minimum atomic E-state index is -0.196. The number of anilines is 1. The molecule has 0 unspecified atom stereocenters. The van der Waals surface area contributed by atoms with E-state index < -0.39 is 0 Å². The standard InChI is InChI=1S/C18H21N5O/c19-17-22-15-14(16(24)23-17)12(11-21-15)10-20-9-8-18(6-7-18)13-4-2-1-3-5-13/h1-5,11,20H,6-10H2,(H4,19,21,22,23,24). The van der Waals surface area contributed by atoms with Crippen LogP contribution < -0.4 is 16.6 Å². The molecule has 0 amide bonds. The first-order valence-electron chi connectivity index (χ1n) is 8.30. The summed E-state index contributed by atoms with van der Waals surface area (Å²) in [6.45, 7) is 1.56. The molecule has 1 saturated carbocycles. The number of aromatic nitrogens is 3. The van der Waals surface area contributed by atoms with Gasteiger partial charge in [0, 0.05) is 12.7 Å². The number of benzene rings is 1. The zero-order valence-corrected chi connectivity index (χ0v) is 13.4. The molecule has 0 saturated heterocycles. The largest absolute Gasteiger partial charge is 0.369 e. The number of hydrogen-bond acceptors (Lipinski definition) is 4. The molecule has 124 valence electrons. The summed E-state index contributed by atoms with van der Waals surface area (Å²) in [4.78, 5) is 21.7. The van der Waals surface area contributed by atoms with Gasteiger partial charge in [-0.15, -0.1) is 0 Å². The van der Waals surface area contributed by atoms with Gasteiger partial charge in [-0.05, 0) is 42.3 Å². The first-order chi connectivity index (χ1) is 11.7. The van der Waals surface area contributed by atoms with E-state index in [9.17, 15) is 4.79 Å². The Morgan fingerprint density at radius 3 is 2.79 bits per heavy atom. The highest BCUT2D eigenvalue weighted by atomic mass is 16.1. The Hall–Kier alpha value is -2.60. The molecule has 2 aromatic heterocycles. The monoisotopic (exact) mass is 323 g/mol. The van der Waals surface area contributed by atoms with Crippen molar-refractivity contribution in [3.05, 3.63) is 58.0 Å². The maximum atomic E-state index is 12.0. The molecule has 0 bridgehead atoms. The van der Waals surface area contributed by atoms with Crippen LogP contribution >= 0.6 is 0 Å². The summed E-state index contributed by atoms with van der Waals surface area (Å²) in [5, 5.41) is 4.04. The van der Waals surface area contributed by atoms with Gasteiger partial charge in [0.2, 0.25) is 5.95 Å². The third-order valence-electron chi connectivity index (χ3n) is 4.98. The Morgan fingerprint density at radius 2 is 2.04 bits per heavy atom. The Kier molecular flexibility index (Phi) is 3.61. The molecule has 4 rings (SSSR count). The van der Waals surface area contributed by atoms with Crippen molar-refractivity contribution >= 4 is 17.0 Å². The lowest BCUT2D eigenvalue weighted by Gasteiger charge is -2.15. The minimum absolute atomic E-state index is 0.132. The lowest BCUT2D eigenvalue weighted by Crippen LogP contribution is -2.21. The van der Waals surface area contributed by atoms with Gasteiger partial charge in [-0.25, -0.2) is 0 Å². The van der Waals surface area contributed by atoms with Gasteiger partial charge in [-0.1, -0.05) is 30.3 Å². The normalized spacial score (nSPS) is 15.7. The van der Waals surface area contributed by atoms with Crippen LogP contribution in [0.2, 0.25) is 0 Å². The van der Waals surface area contributed by atoms with E-state index in [2.05, 4.69) is 50.6 Å². The molecule has 0 aliphatic heterocycles. The summed E-state index contributed by atoms with van der Waals surface area (Å²) < 4.78 is 0. The molecular weight excluding hydrogens is 302 g/mol. The van der Waals surface area contributed by atoms with Crippen LogP contribution in [-0.4, -0.2) is 21.5 Å². The maximum Gasteiger partial charge on any atom is 0.262 e. The van der Waals surface area contributed by atoms with E-state index in [4.69, 9.17) is 5.73 Å². The summed E-state index contributed by atoms with van der Waals surface area (Å²) in [6, 6.07) is 10.7. The van der Waals surface area contributed by atoms with Crippen LogP contribution in [0, 0.1) is 0 Å². The average Bonchev–Trinajstić information content (AvgIpc) is 3.26. The van der Waals surface area contributed by atoms with Crippen molar-refractivity contribution in [3.8, 4) is 0 Å². The van der Waals surface area contributed by atoms with Gasteiger partial charge >= 0.3 is 0 Å². The molecule has 6 nitrogen and oxygen atoms in total. The second-order valence-electron chi connectivity index (χ2n) is 6.56. The van der Waals surface area contributed by atoms with E-state index in [0.29, 0.717) is 23.0 Å². The third kappa shape index (κ3) is 2.69. The van der Waals surface area contributed by atoms with Crippen molar-refractivity contribution < 1.29 is 0 Å². The zero-order valence-electron chi connectivity index (χ0n) is 13.4. The van der Waals surface area contributed by atoms with E-state index in [0.717, 1.165) is 18.5 Å². The van der Waals surface area contributed by atoms with Crippen molar-refractivity contribution in [1.82, 2.24) is 20.3 Å². The number of rotatable bonds is 6. The maximum absolute atomic E-state index is 12.0. The molecule has 1 aliphatic rings. The molecule has 6 heteroatoms. The fraction of sp³-hybridized carbons (Fsp3) is 0.333. The van der Waals surface area contributed by atoms with E-state index >= 15 is 0 Å². The number of H-pyrrole nitrogens is 2. The predicted molar refractivity (Wildman–Crippen MR) is 94.8 cm³/mol. The number of nitrogen functional groups attached to an aromatic ring is 1. The summed E-state index contributed by atoms with van der Waals surface area (Å²) in [5.74, 6) is 0.132. The molecule has 1 aromatic carbocycles. The summed E-state index contributed by atoms with van der Waals surface area (Å²) in [6.07, 6.45) is 5.45. The molecule has 1 aliphatic carbocycles. The molecule has 24 heavy (non-hydrogen) atoms. The SMILES string of the molecule is Nc1nc2[nH]cc(CNCCC3(c4ccccc4)CC3)c2c(=O)[nH]1. The highest BCUT2D eigenvalue weighted by Crippen LogP contribution is 2.50. The number of hydrogen-bond donors (Lipinski definition) is 4. The highest BCUT2D eigenvalue weighted by molar-refractivity contribution is 5.79. The fourth-order valence-electron chi connectivity index (χ4n) is 3.44. The quantitative estimate of drug-likeness (QED) is 0.522. The molecule has 3 aromatic rings. The number of fused-ring (bicyclic) bond motifs is 1. The molecule has 0 spiro atoms. The van der Waals surface area contributed by atoms with E-state index in [1.54, 1.807) is 0 Å². The summed E-state index contributed by atoms with van der Waals surface area (Å²) in [5.41, 5.74) is 8.61.